The van der Waals surface area contributed by atoms with Crippen LogP contribution < -0.4 is 0 Å². The normalized spacial score (nSPS) is 11.7. The average Bonchev–Trinajstić information content (AvgIpc) is 2.67. The van der Waals surface area contributed by atoms with Crippen LogP contribution in [0.1, 0.15) is 29.2 Å². The van der Waals surface area contributed by atoms with Crippen LogP contribution in [0.3, 0.4) is 0 Å². The molecule has 0 fully saturated rings. The highest BCUT2D eigenvalue weighted by molar-refractivity contribution is 7.12. The molecule has 0 radical (unpaired) electrons. The lowest BCUT2D eigenvalue weighted by Crippen LogP contribution is -2.16. The van der Waals surface area contributed by atoms with Gasteiger partial charge >= 0.3 is 0 Å². The van der Waals surface area contributed by atoms with Crippen LogP contribution in [-0.2, 0) is 5.41 Å². The summed E-state index contributed by atoms with van der Waals surface area (Å²) in [6, 6.07) is 15.1. The number of benzene rings is 1. The molecule has 1 heteroatoms. The highest BCUT2D eigenvalue weighted by Crippen LogP contribution is 2.35. The van der Waals surface area contributed by atoms with Gasteiger partial charge in [0.2, 0.25) is 0 Å². The van der Waals surface area contributed by atoms with Gasteiger partial charge in [-0.25, -0.2) is 0 Å². The van der Waals surface area contributed by atoms with Crippen molar-refractivity contribution in [2.24, 2.45) is 0 Å². The summed E-state index contributed by atoms with van der Waals surface area (Å²) in [4.78, 5) is 2.82. The van der Waals surface area contributed by atoms with E-state index in [-0.39, 0.29) is 5.41 Å². The molecule has 0 amide bonds. The fraction of sp³-hybridized carbons (Fsp3) is 0.286. The maximum absolute atomic E-state index is 2.29. The van der Waals surface area contributed by atoms with E-state index >= 15 is 0 Å². The van der Waals surface area contributed by atoms with Crippen LogP contribution in [0.15, 0.2) is 42.5 Å². The van der Waals surface area contributed by atoms with Gasteiger partial charge in [-0.05, 0) is 24.6 Å². The molecular weight excluding hydrogens is 200 g/mol. The van der Waals surface area contributed by atoms with Crippen LogP contribution in [-0.4, -0.2) is 0 Å². The SMILES string of the molecule is Cc1ccc(C(C)(C)c2ccccc2)s1. The van der Waals surface area contributed by atoms with Gasteiger partial charge in [-0.3, -0.25) is 0 Å². The molecule has 0 saturated carbocycles. The molecule has 1 aromatic heterocycles. The third-order valence-corrected chi connectivity index (χ3v) is 4.18. The van der Waals surface area contributed by atoms with Crippen molar-refractivity contribution in [2.75, 3.05) is 0 Å². The van der Waals surface area contributed by atoms with Crippen molar-refractivity contribution in [3.05, 3.63) is 57.8 Å². The van der Waals surface area contributed by atoms with Crippen molar-refractivity contribution < 1.29 is 0 Å². The predicted octanol–water partition coefficient (Wildman–Crippen LogP) is 4.38. The van der Waals surface area contributed by atoms with Crippen LogP contribution in [0, 0.1) is 6.92 Å². The van der Waals surface area contributed by atoms with Crippen LogP contribution in [0.4, 0.5) is 0 Å². The Morgan fingerprint density at radius 2 is 1.60 bits per heavy atom. The molecule has 0 N–H and O–H groups in total. The van der Waals surface area contributed by atoms with Gasteiger partial charge in [0.25, 0.3) is 0 Å². The molecule has 0 unspecified atom stereocenters. The second kappa shape index (κ2) is 3.82. The molecule has 1 aromatic carbocycles. The van der Waals surface area contributed by atoms with E-state index in [9.17, 15) is 0 Å². The van der Waals surface area contributed by atoms with Gasteiger partial charge < -0.3 is 0 Å². The Bertz CT molecular complexity index is 437. The van der Waals surface area contributed by atoms with Crippen molar-refractivity contribution in [1.82, 2.24) is 0 Å². The van der Waals surface area contributed by atoms with E-state index in [1.807, 2.05) is 11.3 Å². The Balaban J connectivity index is 2.43. The summed E-state index contributed by atoms with van der Waals surface area (Å²) < 4.78 is 0. The summed E-state index contributed by atoms with van der Waals surface area (Å²) in [6.45, 7) is 6.73. The smallest absolute Gasteiger partial charge is 0.0240 e. The molecular formula is C14H16S. The van der Waals surface area contributed by atoms with Crippen LogP contribution in [0.5, 0.6) is 0 Å². The number of hydrogen-bond acceptors (Lipinski definition) is 1. The minimum absolute atomic E-state index is 0.125. The van der Waals surface area contributed by atoms with Gasteiger partial charge in [0, 0.05) is 15.2 Å². The molecule has 0 aliphatic heterocycles. The fourth-order valence-electron chi connectivity index (χ4n) is 1.77. The summed E-state index contributed by atoms with van der Waals surface area (Å²) in [5.74, 6) is 0. The average molecular weight is 216 g/mol. The van der Waals surface area contributed by atoms with Gasteiger partial charge in [0.1, 0.15) is 0 Å². The molecule has 0 spiro atoms. The van der Waals surface area contributed by atoms with Gasteiger partial charge in [0.05, 0.1) is 0 Å². The lowest BCUT2D eigenvalue weighted by Gasteiger charge is -2.23. The standard InChI is InChI=1S/C14H16S/c1-11-9-10-13(15-11)14(2,3)12-7-5-4-6-8-12/h4-10H,1-3H3. The van der Waals surface area contributed by atoms with Gasteiger partial charge in [-0.1, -0.05) is 44.2 Å². The number of aryl methyl sites for hydroxylation is 1. The third kappa shape index (κ3) is 1.98. The summed E-state index contributed by atoms with van der Waals surface area (Å²) in [6.07, 6.45) is 0. The van der Waals surface area contributed by atoms with Crippen molar-refractivity contribution in [3.8, 4) is 0 Å². The number of rotatable bonds is 2. The summed E-state index contributed by atoms with van der Waals surface area (Å²) in [5, 5.41) is 0. The van der Waals surface area contributed by atoms with Crippen LogP contribution >= 0.6 is 11.3 Å². The number of thiophene rings is 1. The van der Waals surface area contributed by atoms with E-state index in [0.717, 1.165) is 0 Å². The zero-order valence-electron chi connectivity index (χ0n) is 9.45. The molecule has 0 bridgehead atoms. The molecule has 0 aliphatic rings. The maximum atomic E-state index is 2.29. The fourth-order valence-corrected chi connectivity index (χ4v) is 2.76. The van der Waals surface area contributed by atoms with E-state index < -0.39 is 0 Å². The van der Waals surface area contributed by atoms with E-state index in [1.54, 1.807) is 0 Å². The first-order valence-electron chi connectivity index (χ1n) is 5.23. The van der Waals surface area contributed by atoms with E-state index in [1.165, 1.54) is 15.3 Å². The van der Waals surface area contributed by atoms with E-state index in [2.05, 4.69) is 63.2 Å². The molecule has 1 heterocycles. The minimum atomic E-state index is 0.125. The molecule has 78 valence electrons. The Kier molecular flexibility index (Phi) is 2.66. The van der Waals surface area contributed by atoms with Crippen molar-refractivity contribution in [1.29, 1.82) is 0 Å². The van der Waals surface area contributed by atoms with E-state index in [0.29, 0.717) is 0 Å². The Labute approximate surface area is 95.6 Å². The first-order chi connectivity index (χ1) is 7.10. The van der Waals surface area contributed by atoms with E-state index in [4.69, 9.17) is 0 Å². The summed E-state index contributed by atoms with van der Waals surface area (Å²) in [5.41, 5.74) is 1.51. The molecule has 0 aliphatic carbocycles. The molecule has 2 aromatic rings. The largest absolute Gasteiger partial charge is 0.145 e. The minimum Gasteiger partial charge on any atom is -0.145 e. The molecule has 0 saturated heterocycles. The quantitative estimate of drug-likeness (QED) is 0.698. The maximum Gasteiger partial charge on any atom is 0.0240 e. The Hall–Kier alpha value is -1.08. The zero-order valence-corrected chi connectivity index (χ0v) is 10.3. The second-order valence-electron chi connectivity index (χ2n) is 4.40. The Morgan fingerprint density at radius 3 is 2.13 bits per heavy atom. The Morgan fingerprint density at radius 1 is 0.933 bits per heavy atom. The lowest BCUT2D eigenvalue weighted by atomic mass is 9.83. The lowest BCUT2D eigenvalue weighted by molar-refractivity contribution is 0.656. The highest BCUT2D eigenvalue weighted by atomic mass is 32.1. The van der Waals surface area contributed by atoms with Gasteiger partial charge in [-0.15, -0.1) is 11.3 Å². The predicted molar refractivity (Wildman–Crippen MR) is 67.6 cm³/mol. The summed E-state index contributed by atoms with van der Waals surface area (Å²) >= 11 is 1.89. The zero-order chi connectivity index (χ0) is 10.9. The highest BCUT2D eigenvalue weighted by Gasteiger charge is 2.23. The van der Waals surface area contributed by atoms with Crippen LogP contribution in [0.25, 0.3) is 0 Å². The first kappa shape index (κ1) is 10.4. The van der Waals surface area contributed by atoms with Crippen molar-refractivity contribution in [3.63, 3.8) is 0 Å². The van der Waals surface area contributed by atoms with Crippen molar-refractivity contribution >= 4 is 11.3 Å². The topological polar surface area (TPSA) is 0 Å². The monoisotopic (exact) mass is 216 g/mol. The third-order valence-electron chi connectivity index (χ3n) is 2.85. The molecule has 2 rings (SSSR count). The molecule has 15 heavy (non-hydrogen) atoms. The van der Waals surface area contributed by atoms with Gasteiger partial charge in [-0.2, -0.15) is 0 Å². The van der Waals surface area contributed by atoms with Crippen molar-refractivity contribution in [2.45, 2.75) is 26.2 Å². The number of hydrogen-bond donors (Lipinski definition) is 0. The van der Waals surface area contributed by atoms with Crippen LogP contribution in [0.2, 0.25) is 0 Å². The van der Waals surface area contributed by atoms with Gasteiger partial charge in [0.15, 0.2) is 0 Å². The molecule has 0 nitrogen and oxygen atoms in total. The second-order valence-corrected chi connectivity index (χ2v) is 5.69. The first-order valence-corrected chi connectivity index (χ1v) is 6.05. The summed E-state index contributed by atoms with van der Waals surface area (Å²) in [7, 11) is 0. The molecule has 0 atom stereocenters.